The molecule has 1 aliphatic carbocycles. The highest BCUT2D eigenvalue weighted by atomic mass is 16.3. The number of nitrogens with zero attached hydrogens (tertiary/aromatic N) is 1. The fourth-order valence-electron chi connectivity index (χ4n) is 1.52. The van der Waals surface area contributed by atoms with Crippen molar-refractivity contribution in [2.45, 2.75) is 37.8 Å². The Labute approximate surface area is 84.0 Å². The summed E-state index contributed by atoms with van der Waals surface area (Å²) in [6, 6.07) is 3.68. The predicted octanol–water partition coefficient (Wildman–Crippen LogP) is 1.34. The van der Waals surface area contributed by atoms with Crippen molar-refractivity contribution in [3.05, 3.63) is 29.6 Å². The van der Waals surface area contributed by atoms with Gasteiger partial charge in [0.15, 0.2) is 0 Å². The van der Waals surface area contributed by atoms with Crippen LogP contribution >= 0.6 is 0 Å². The number of nitrogens with two attached hydrogens (primary N) is 1. The molecule has 1 saturated carbocycles. The maximum Gasteiger partial charge on any atom is 0.0952 e. The Morgan fingerprint density at radius 1 is 1.50 bits per heavy atom. The lowest BCUT2D eigenvalue weighted by molar-refractivity contribution is 0.153. The quantitative estimate of drug-likeness (QED) is 0.759. The number of aliphatic hydroxyl groups is 1. The first kappa shape index (κ1) is 9.62. The summed E-state index contributed by atoms with van der Waals surface area (Å²) in [6.07, 6.45) is 3.64. The Balaban J connectivity index is 2.12. The molecule has 0 amide bonds. The van der Waals surface area contributed by atoms with Gasteiger partial charge in [-0.05, 0) is 25.8 Å². The lowest BCUT2D eigenvalue weighted by Gasteiger charge is -2.14. The van der Waals surface area contributed by atoms with Crippen molar-refractivity contribution in [2.75, 3.05) is 0 Å². The van der Waals surface area contributed by atoms with Crippen molar-refractivity contribution in [3.63, 3.8) is 0 Å². The van der Waals surface area contributed by atoms with Gasteiger partial charge >= 0.3 is 0 Å². The average Bonchev–Trinajstić information content (AvgIpc) is 3.00. The summed E-state index contributed by atoms with van der Waals surface area (Å²) in [5.41, 5.74) is 7.55. The van der Waals surface area contributed by atoms with Crippen molar-refractivity contribution in [2.24, 2.45) is 5.73 Å². The first-order chi connectivity index (χ1) is 6.68. The van der Waals surface area contributed by atoms with Gasteiger partial charge in [-0.3, -0.25) is 4.98 Å². The van der Waals surface area contributed by atoms with Crippen LogP contribution in [0.4, 0.5) is 0 Å². The van der Waals surface area contributed by atoms with E-state index in [-0.39, 0.29) is 6.04 Å². The van der Waals surface area contributed by atoms with Gasteiger partial charge in [-0.25, -0.2) is 0 Å². The summed E-state index contributed by atoms with van der Waals surface area (Å²) in [6.45, 7) is 1.79. The summed E-state index contributed by atoms with van der Waals surface area (Å²) in [5, 5.41) is 9.68. The van der Waals surface area contributed by atoms with Crippen LogP contribution in [0.1, 0.15) is 43.0 Å². The normalized spacial score (nSPS) is 20.5. The monoisotopic (exact) mass is 192 g/mol. The average molecular weight is 192 g/mol. The molecule has 3 heteroatoms. The second-order valence-electron chi connectivity index (χ2n) is 4.09. The first-order valence-electron chi connectivity index (χ1n) is 5.08. The molecule has 2 rings (SSSR count). The van der Waals surface area contributed by atoms with E-state index in [2.05, 4.69) is 4.98 Å². The van der Waals surface area contributed by atoms with Crippen LogP contribution in [-0.2, 0) is 0 Å². The highest BCUT2D eigenvalue weighted by molar-refractivity contribution is 5.21. The van der Waals surface area contributed by atoms with Gasteiger partial charge < -0.3 is 10.8 Å². The summed E-state index contributed by atoms with van der Waals surface area (Å²) >= 11 is 0. The zero-order valence-corrected chi connectivity index (χ0v) is 8.35. The molecule has 3 N–H and O–H groups in total. The van der Waals surface area contributed by atoms with E-state index >= 15 is 0 Å². The minimum atomic E-state index is -0.601. The van der Waals surface area contributed by atoms with Crippen molar-refractivity contribution in [1.82, 2.24) is 4.98 Å². The topological polar surface area (TPSA) is 59.1 Å². The molecule has 1 heterocycles. The third kappa shape index (κ3) is 1.94. The summed E-state index contributed by atoms with van der Waals surface area (Å²) in [5.74, 6) is 0.663. The van der Waals surface area contributed by atoms with Gasteiger partial charge in [-0.2, -0.15) is 0 Å². The van der Waals surface area contributed by atoms with Crippen LogP contribution < -0.4 is 5.73 Å². The van der Waals surface area contributed by atoms with Crippen LogP contribution in [0.5, 0.6) is 0 Å². The maximum absolute atomic E-state index is 9.68. The Morgan fingerprint density at radius 3 is 2.64 bits per heavy atom. The zero-order chi connectivity index (χ0) is 10.1. The largest absolute Gasteiger partial charge is 0.387 e. The van der Waals surface area contributed by atoms with E-state index in [1.54, 1.807) is 13.1 Å². The molecule has 1 fully saturated rings. The van der Waals surface area contributed by atoms with Crippen molar-refractivity contribution in [3.8, 4) is 0 Å². The van der Waals surface area contributed by atoms with Gasteiger partial charge in [-0.1, -0.05) is 6.07 Å². The highest BCUT2D eigenvalue weighted by Gasteiger charge is 2.25. The molecule has 0 bridgehead atoms. The first-order valence-corrected chi connectivity index (χ1v) is 5.08. The van der Waals surface area contributed by atoms with Crippen LogP contribution in [0.3, 0.4) is 0 Å². The molecule has 1 aromatic heterocycles. The minimum absolute atomic E-state index is 0.247. The molecule has 1 aromatic rings. The lowest BCUT2D eigenvalue weighted by atomic mass is 10.1. The standard InChI is InChI=1S/C11H16N2O/c1-7(12)11(14)9-4-5-10(13-6-9)8-2-3-8/h4-8,11,14H,2-3,12H2,1H3. The van der Waals surface area contributed by atoms with Crippen molar-refractivity contribution < 1.29 is 5.11 Å². The van der Waals surface area contributed by atoms with Gasteiger partial charge in [-0.15, -0.1) is 0 Å². The highest BCUT2D eigenvalue weighted by Crippen LogP contribution is 2.38. The van der Waals surface area contributed by atoms with E-state index < -0.39 is 6.10 Å². The fourth-order valence-corrected chi connectivity index (χ4v) is 1.52. The summed E-state index contributed by atoms with van der Waals surface area (Å²) < 4.78 is 0. The minimum Gasteiger partial charge on any atom is -0.387 e. The number of hydrogen-bond donors (Lipinski definition) is 2. The van der Waals surface area contributed by atoms with Crippen LogP contribution in [0.25, 0.3) is 0 Å². The van der Waals surface area contributed by atoms with Crippen molar-refractivity contribution >= 4 is 0 Å². The Hall–Kier alpha value is -0.930. The van der Waals surface area contributed by atoms with E-state index in [0.717, 1.165) is 11.3 Å². The second-order valence-corrected chi connectivity index (χ2v) is 4.09. The Morgan fingerprint density at radius 2 is 2.21 bits per heavy atom. The third-order valence-electron chi connectivity index (χ3n) is 2.64. The zero-order valence-electron chi connectivity index (χ0n) is 8.35. The number of hydrogen-bond acceptors (Lipinski definition) is 3. The molecule has 0 aromatic carbocycles. The number of pyridine rings is 1. The van der Waals surface area contributed by atoms with Crippen LogP contribution in [0.2, 0.25) is 0 Å². The van der Waals surface area contributed by atoms with Crippen LogP contribution in [0.15, 0.2) is 18.3 Å². The van der Waals surface area contributed by atoms with Crippen LogP contribution in [-0.4, -0.2) is 16.1 Å². The Kier molecular flexibility index (Phi) is 2.52. The fraction of sp³-hybridized carbons (Fsp3) is 0.545. The number of aromatic nitrogens is 1. The molecule has 3 nitrogen and oxygen atoms in total. The third-order valence-corrected chi connectivity index (χ3v) is 2.64. The van der Waals surface area contributed by atoms with Crippen molar-refractivity contribution in [1.29, 1.82) is 0 Å². The Bertz CT molecular complexity index is 304. The van der Waals surface area contributed by atoms with Gasteiger partial charge in [0.25, 0.3) is 0 Å². The molecule has 14 heavy (non-hydrogen) atoms. The molecular formula is C11H16N2O. The van der Waals surface area contributed by atoms with E-state index in [0.29, 0.717) is 5.92 Å². The number of rotatable bonds is 3. The molecule has 2 atom stereocenters. The molecule has 2 unspecified atom stereocenters. The van der Waals surface area contributed by atoms with E-state index in [1.165, 1.54) is 12.8 Å². The maximum atomic E-state index is 9.68. The van der Waals surface area contributed by atoms with E-state index in [9.17, 15) is 5.11 Å². The van der Waals surface area contributed by atoms with Gasteiger partial charge in [0.2, 0.25) is 0 Å². The summed E-state index contributed by atoms with van der Waals surface area (Å²) in [4.78, 5) is 4.33. The predicted molar refractivity (Wildman–Crippen MR) is 54.8 cm³/mol. The summed E-state index contributed by atoms with van der Waals surface area (Å²) in [7, 11) is 0. The second kappa shape index (κ2) is 3.67. The van der Waals surface area contributed by atoms with E-state index in [4.69, 9.17) is 5.73 Å². The molecular weight excluding hydrogens is 176 g/mol. The van der Waals surface area contributed by atoms with Crippen LogP contribution in [0, 0.1) is 0 Å². The number of aliphatic hydroxyl groups excluding tert-OH is 1. The lowest BCUT2D eigenvalue weighted by Crippen LogP contribution is -2.24. The van der Waals surface area contributed by atoms with Gasteiger partial charge in [0.1, 0.15) is 0 Å². The van der Waals surface area contributed by atoms with Gasteiger partial charge in [0.05, 0.1) is 6.10 Å². The molecule has 0 spiro atoms. The smallest absolute Gasteiger partial charge is 0.0952 e. The molecule has 0 aliphatic heterocycles. The SMILES string of the molecule is CC(N)C(O)c1ccc(C2CC2)nc1. The molecule has 0 saturated heterocycles. The molecule has 76 valence electrons. The van der Waals surface area contributed by atoms with Gasteiger partial charge in [0, 0.05) is 29.4 Å². The molecule has 1 aliphatic rings. The molecule has 0 radical (unpaired) electrons. The van der Waals surface area contributed by atoms with E-state index in [1.807, 2.05) is 12.1 Å².